The summed E-state index contributed by atoms with van der Waals surface area (Å²) >= 11 is 0. The molecule has 4 heteroatoms. The van der Waals surface area contributed by atoms with Gasteiger partial charge in [-0.2, -0.15) is 0 Å². The van der Waals surface area contributed by atoms with Crippen LogP contribution in [0, 0.1) is 11.6 Å². The van der Waals surface area contributed by atoms with Gasteiger partial charge in [0.1, 0.15) is 11.6 Å². The van der Waals surface area contributed by atoms with Crippen molar-refractivity contribution >= 4 is 0 Å². The molecule has 1 aliphatic heterocycles. The molecule has 1 saturated heterocycles. The van der Waals surface area contributed by atoms with Crippen molar-refractivity contribution in [3.8, 4) is 0 Å². The molecule has 0 saturated carbocycles. The Hall–Kier alpha value is -1.00. The summed E-state index contributed by atoms with van der Waals surface area (Å²) in [6.45, 7) is 2.35. The summed E-state index contributed by atoms with van der Waals surface area (Å²) in [4.78, 5) is 2.14. The van der Waals surface area contributed by atoms with E-state index in [-0.39, 0.29) is 0 Å². The molecule has 1 unspecified atom stereocenters. The Bertz CT molecular complexity index is 357. The molecular formula is C13H17F2NO. The Morgan fingerprint density at radius 1 is 1.06 bits per heavy atom. The minimum atomic E-state index is -0.821. The first-order chi connectivity index (χ1) is 8.15. The van der Waals surface area contributed by atoms with E-state index in [0.717, 1.165) is 32.0 Å². The second-order valence-corrected chi connectivity index (χ2v) is 4.58. The van der Waals surface area contributed by atoms with Crippen LogP contribution in [0.1, 0.15) is 30.9 Å². The molecule has 0 spiro atoms. The second-order valence-electron chi connectivity index (χ2n) is 4.58. The standard InChI is InChI=1S/C13H17F2NO/c14-11-6-10(7-12(15)8-11)13(17)9-16-4-2-1-3-5-16/h6-8,13,17H,1-5,9H2. The molecule has 1 heterocycles. The summed E-state index contributed by atoms with van der Waals surface area (Å²) in [7, 11) is 0. The summed E-state index contributed by atoms with van der Waals surface area (Å²) in [5.41, 5.74) is 0.313. The van der Waals surface area contributed by atoms with Gasteiger partial charge in [0.2, 0.25) is 0 Å². The molecule has 1 aromatic carbocycles. The van der Waals surface area contributed by atoms with Crippen molar-refractivity contribution < 1.29 is 13.9 Å². The molecule has 0 bridgehead atoms. The Morgan fingerprint density at radius 2 is 1.65 bits per heavy atom. The number of rotatable bonds is 3. The van der Waals surface area contributed by atoms with Crippen molar-refractivity contribution in [2.45, 2.75) is 25.4 Å². The minimum Gasteiger partial charge on any atom is -0.387 e. The Kier molecular flexibility index (Phi) is 4.07. The van der Waals surface area contributed by atoms with Gasteiger partial charge in [-0.25, -0.2) is 8.78 Å². The van der Waals surface area contributed by atoms with E-state index in [1.807, 2.05) is 0 Å². The number of β-amino-alcohol motifs (C(OH)–C–C–N with tert-alkyl or cyclic N) is 1. The monoisotopic (exact) mass is 241 g/mol. The first-order valence-corrected chi connectivity index (χ1v) is 6.01. The smallest absolute Gasteiger partial charge is 0.126 e. The highest BCUT2D eigenvalue weighted by molar-refractivity contribution is 5.20. The average Bonchev–Trinajstić information content (AvgIpc) is 2.29. The molecule has 0 aromatic heterocycles. The zero-order valence-corrected chi connectivity index (χ0v) is 9.70. The first kappa shape index (κ1) is 12.5. The average molecular weight is 241 g/mol. The minimum absolute atomic E-state index is 0.313. The lowest BCUT2D eigenvalue weighted by Gasteiger charge is -2.28. The molecule has 1 aliphatic rings. The zero-order valence-electron chi connectivity index (χ0n) is 9.70. The van der Waals surface area contributed by atoms with Crippen LogP contribution < -0.4 is 0 Å². The normalized spacial score (nSPS) is 19.2. The third-order valence-electron chi connectivity index (χ3n) is 3.15. The highest BCUT2D eigenvalue weighted by atomic mass is 19.1. The highest BCUT2D eigenvalue weighted by Gasteiger charge is 2.16. The molecule has 0 radical (unpaired) electrons. The third kappa shape index (κ3) is 3.48. The van der Waals surface area contributed by atoms with Crippen LogP contribution in [0.3, 0.4) is 0 Å². The van der Waals surface area contributed by atoms with Crippen LogP contribution in [0.4, 0.5) is 8.78 Å². The third-order valence-corrected chi connectivity index (χ3v) is 3.15. The van der Waals surface area contributed by atoms with Crippen molar-refractivity contribution in [2.24, 2.45) is 0 Å². The van der Waals surface area contributed by atoms with E-state index in [1.165, 1.54) is 18.6 Å². The molecule has 1 aromatic rings. The van der Waals surface area contributed by atoms with Crippen molar-refractivity contribution in [2.75, 3.05) is 19.6 Å². The van der Waals surface area contributed by atoms with E-state index >= 15 is 0 Å². The first-order valence-electron chi connectivity index (χ1n) is 6.01. The maximum Gasteiger partial charge on any atom is 0.126 e. The molecule has 2 nitrogen and oxygen atoms in total. The van der Waals surface area contributed by atoms with Gasteiger partial charge in [-0.3, -0.25) is 0 Å². The highest BCUT2D eigenvalue weighted by Crippen LogP contribution is 2.19. The van der Waals surface area contributed by atoms with E-state index in [4.69, 9.17) is 0 Å². The quantitative estimate of drug-likeness (QED) is 0.878. The molecule has 17 heavy (non-hydrogen) atoms. The van der Waals surface area contributed by atoms with E-state index in [9.17, 15) is 13.9 Å². The predicted octanol–water partition coefficient (Wildman–Crippen LogP) is 2.48. The Morgan fingerprint density at radius 3 is 2.24 bits per heavy atom. The molecule has 1 N–H and O–H groups in total. The van der Waals surface area contributed by atoms with Crippen molar-refractivity contribution in [3.05, 3.63) is 35.4 Å². The molecule has 1 atom stereocenters. The van der Waals surface area contributed by atoms with Gasteiger partial charge in [-0.1, -0.05) is 6.42 Å². The van der Waals surface area contributed by atoms with Gasteiger partial charge in [-0.05, 0) is 43.6 Å². The number of likely N-dealkylation sites (tertiary alicyclic amines) is 1. The topological polar surface area (TPSA) is 23.5 Å². The largest absolute Gasteiger partial charge is 0.387 e. The number of benzene rings is 1. The summed E-state index contributed by atoms with van der Waals surface area (Å²) in [6.07, 6.45) is 2.66. The molecule has 2 rings (SSSR count). The summed E-state index contributed by atoms with van der Waals surface area (Å²) in [5.74, 6) is -1.28. The van der Waals surface area contributed by atoms with Gasteiger partial charge in [0.05, 0.1) is 6.10 Å². The molecule has 94 valence electrons. The van der Waals surface area contributed by atoms with Gasteiger partial charge >= 0.3 is 0 Å². The molecule has 0 amide bonds. The van der Waals surface area contributed by atoms with E-state index in [2.05, 4.69) is 4.90 Å². The number of piperidine rings is 1. The van der Waals surface area contributed by atoms with Gasteiger partial charge in [0.25, 0.3) is 0 Å². The van der Waals surface area contributed by atoms with E-state index in [0.29, 0.717) is 12.1 Å². The summed E-state index contributed by atoms with van der Waals surface area (Å²) < 4.78 is 26.0. The predicted molar refractivity (Wildman–Crippen MR) is 61.6 cm³/mol. The van der Waals surface area contributed by atoms with Crippen LogP contribution >= 0.6 is 0 Å². The van der Waals surface area contributed by atoms with Crippen molar-refractivity contribution in [3.63, 3.8) is 0 Å². The van der Waals surface area contributed by atoms with Gasteiger partial charge < -0.3 is 10.0 Å². The van der Waals surface area contributed by atoms with Crippen molar-refractivity contribution in [1.82, 2.24) is 4.90 Å². The Balaban J connectivity index is 2.00. The Labute approximate surface area is 99.9 Å². The van der Waals surface area contributed by atoms with E-state index in [1.54, 1.807) is 0 Å². The number of aliphatic hydroxyl groups is 1. The fraction of sp³-hybridized carbons (Fsp3) is 0.538. The van der Waals surface area contributed by atoms with Gasteiger partial charge in [0, 0.05) is 12.6 Å². The van der Waals surface area contributed by atoms with Crippen LogP contribution in [-0.2, 0) is 0 Å². The van der Waals surface area contributed by atoms with Crippen LogP contribution in [0.15, 0.2) is 18.2 Å². The van der Waals surface area contributed by atoms with Gasteiger partial charge in [-0.15, -0.1) is 0 Å². The van der Waals surface area contributed by atoms with Crippen LogP contribution in [-0.4, -0.2) is 29.6 Å². The number of nitrogens with zero attached hydrogens (tertiary/aromatic N) is 1. The zero-order chi connectivity index (χ0) is 12.3. The lowest BCUT2D eigenvalue weighted by Crippen LogP contribution is -2.33. The molecule has 0 aliphatic carbocycles. The molecule has 1 fully saturated rings. The maximum absolute atomic E-state index is 13.0. The van der Waals surface area contributed by atoms with Crippen LogP contribution in [0.2, 0.25) is 0 Å². The fourth-order valence-electron chi connectivity index (χ4n) is 2.26. The number of aliphatic hydroxyl groups excluding tert-OH is 1. The number of halogens is 2. The summed E-state index contributed by atoms with van der Waals surface area (Å²) in [5, 5.41) is 9.95. The molecular weight excluding hydrogens is 224 g/mol. The number of hydrogen-bond donors (Lipinski definition) is 1. The maximum atomic E-state index is 13.0. The number of hydrogen-bond acceptors (Lipinski definition) is 2. The van der Waals surface area contributed by atoms with Crippen LogP contribution in [0.25, 0.3) is 0 Å². The summed E-state index contributed by atoms with van der Waals surface area (Å²) in [6, 6.07) is 3.20. The fourth-order valence-corrected chi connectivity index (χ4v) is 2.26. The van der Waals surface area contributed by atoms with Gasteiger partial charge in [0.15, 0.2) is 0 Å². The SMILES string of the molecule is OC(CN1CCCCC1)c1cc(F)cc(F)c1. The second kappa shape index (κ2) is 5.56. The van der Waals surface area contributed by atoms with Crippen molar-refractivity contribution in [1.29, 1.82) is 0 Å². The lowest BCUT2D eigenvalue weighted by atomic mass is 10.1. The van der Waals surface area contributed by atoms with Crippen LogP contribution in [0.5, 0.6) is 0 Å². The van der Waals surface area contributed by atoms with E-state index < -0.39 is 17.7 Å². The lowest BCUT2D eigenvalue weighted by molar-refractivity contribution is 0.101.